The number of hydrogen-bond acceptors (Lipinski definition) is 2. The monoisotopic (exact) mass is 246 g/mol. The van der Waals surface area contributed by atoms with Crippen LogP contribution in [-0.4, -0.2) is 24.5 Å². The molecule has 1 atom stereocenters. The zero-order valence-electron chi connectivity index (χ0n) is 12.2. The summed E-state index contributed by atoms with van der Waals surface area (Å²) < 4.78 is 0. The Hall–Kier alpha value is -0.860. The summed E-state index contributed by atoms with van der Waals surface area (Å²) in [6.07, 6.45) is 1.17. The minimum absolute atomic E-state index is 0.624. The first-order valence-corrected chi connectivity index (χ1v) is 7.09. The van der Waals surface area contributed by atoms with Crippen molar-refractivity contribution >= 4 is 0 Å². The second-order valence-corrected chi connectivity index (χ2v) is 5.93. The van der Waals surface area contributed by atoms with Crippen molar-refractivity contribution in [2.75, 3.05) is 13.6 Å². The van der Waals surface area contributed by atoms with Crippen molar-refractivity contribution in [2.45, 2.75) is 46.3 Å². The summed E-state index contributed by atoms with van der Waals surface area (Å²) in [7, 11) is 2.22. The van der Waals surface area contributed by atoms with Crippen molar-refractivity contribution in [2.24, 2.45) is 5.92 Å². The number of nitrogens with zero attached hydrogens (tertiary/aromatic N) is 1. The summed E-state index contributed by atoms with van der Waals surface area (Å²) >= 11 is 0. The predicted octanol–water partition coefficient (Wildman–Crippen LogP) is 2.81. The van der Waals surface area contributed by atoms with Crippen LogP contribution in [0.2, 0.25) is 0 Å². The summed E-state index contributed by atoms with van der Waals surface area (Å²) in [5.41, 5.74) is 4.45. The zero-order chi connectivity index (χ0) is 13.1. The minimum Gasteiger partial charge on any atom is -0.312 e. The lowest BCUT2D eigenvalue weighted by atomic mass is 9.98. The molecule has 1 aromatic rings. The van der Waals surface area contributed by atoms with Gasteiger partial charge < -0.3 is 5.32 Å². The van der Waals surface area contributed by atoms with Crippen molar-refractivity contribution in [3.8, 4) is 0 Å². The first-order valence-electron chi connectivity index (χ1n) is 7.09. The molecule has 0 radical (unpaired) electrons. The van der Waals surface area contributed by atoms with Gasteiger partial charge in [0, 0.05) is 19.1 Å². The zero-order valence-corrected chi connectivity index (χ0v) is 12.2. The predicted molar refractivity (Wildman–Crippen MR) is 77.6 cm³/mol. The average molecular weight is 246 g/mol. The standard InChI is InChI=1S/C16H26N2/c1-12(2)13(3)18(4)11-14-5-6-15-7-8-17-10-16(15)9-14/h5-6,9,12-13,17H,7-8,10-11H2,1-4H3. The van der Waals surface area contributed by atoms with E-state index in [1.807, 2.05) is 0 Å². The summed E-state index contributed by atoms with van der Waals surface area (Å²) in [5.74, 6) is 0.703. The highest BCUT2D eigenvalue weighted by molar-refractivity contribution is 5.33. The van der Waals surface area contributed by atoms with Gasteiger partial charge >= 0.3 is 0 Å². The van der Waals surface area contributed by atoms with Crippen LogP contribution in [0.3, 0.4) is 0 Å². The van der Waals surface area contributed by atoms with E-state index in [9.17, 15) is 0 Å². The lowest BCUT2D eigenvalue weighted by Gasteiger charge is -2.28. The van der Waals surface area contributed by atoms with Gasteiger partial charge in [0.05, 0.1) is 0 Å². The van der Waals surface area contributed by atoms with Gasteiger partial charge in [-0.1, -0.05) is 32.0 Å². The molecule has 1 aliphatic heterocycles. The van der Waals surface area contributed by atoms with Crippen LogP contribution in [-0.2, 0) is 19.5 Å². The van der Waals surface area contributed by atoms with Crippen molar-refractivity contribution in [3.63, 3.8) is 0 Å². The smallest absolute Gasteiger partial charge is 0.0233 e. The van der Waals surface area contributed by atoms with Gasteiger partial charge in [-0.2, -0.15) is 0 Å². The summed E-state index contributed by atoms with van der Waals surface area (Å²) in [4.78, 5) is 2.45. The van der Waals surface area contributed by atoms with Crippen LogP contribution in [0.15, 0.2) is 18.2 Å². The van der Waals surface area contributed by atoms with Crippen LogP contribution >= 0.6 is 0 Å². The van der Waals surface area contributed by atoms with Crippen molar-refractivity contribution in [1.29, 1.82) is 0 Å². The molecule has 0 spiro atoms. The molecule has 0 fully saturated rings. The fraction of sp³-hybridized carbons (Fsp3) is 0.625. The lowest BCUT2D eigenvalue weighted by Crippen LogP contribution is -2.32. The molecule has 0 saturated heterocycles. The number of fused-ring (bicyclic) bond motifs is 1. The molecule has 0 bridgehead atoms. The Morgan fingerprint density at radius 1 is 1.22 bits per heavy atom. The number of rotatable bonds is 4. The molecule has 2 rings (SSSR count). The highest BCUT2D eigenvalue weighted by Crippen LogP contribution is 2.18. The Morgan fingerprint density at radius 3 is 2.72 bits per heavy atom. The molecule has 0 aromatic heterocycles. The molecule has 1 aliphatic rings. The SMILES string of the molecule is CC(C)C(C)N(C)Cc1ccc2c(c1)CNCC2. The summed E-state index contributed by atoms with van der Waals surface area (Å²) in [5, 5.41) is 3.45. The maximum absolute atomic E-state index is 3.45. The molecule has 2 nitrogen and oxygen atoms in total. The van der Waals surface area contributed by atoms with E-state index in [4.69, 9.17) is 0 Å². The topological polar surface area (TPSA) is 15.3 Å². The van der Waals surface area contributed by atoms with Gasteiger partial charge in [0.1, 0.15) is 0 Å². The second-order valence-electron chi connectivity index (χ2n) is 5.93. The molecule has 1 unspecified atom stereocenters. The van der Waals surface area contributed by atoms with Gasteiger partial charge in [-0.05, 0) is 49.5 Å². The van der Waals surface area contributed by atoms with E-state index in [1.165, 1.54) is 23.1 Å². The molecule has 0 amide bonds. The largest absolute Gasteiger partial charge is 0.312 e. The third kappa shape index (κ3) is 3.12. The molecule has 1 N–H and O–H groups in total. The molecule has 1 heterocycles. The number of benzene rings is 1. The van der Waals surface area contributed by atoms with Crippen molar-refractivity contribution < 1.29 is 0 Å². The van der Waals surface area contributed by atoms with E-state index in [0.29, 0.717) is 12.0 Å². The van der Waals surface area contributed by atoms with Crippen LogP contribution in [0.25, 0.3) is 0 Å². The van der Waals surface area contributed by atoms with E-state index in [-0.39, 0.29) is 0 Å². The summed E-state index contributed by atoms with van der Waals surface area (Å²) in [6.45, 7) is 10.1. The minimum atomic E-state index is 0.624. The van der Waals surface area contributed by atoms with Crippen LogP contribution in [0.5, 0.6) is 0 Å². The third-order valence-corrected chi connectivity index (χ3v) is 4.25. The van der Waals surface area contributed by atoms with Gasteiger partial charge in [0.25, 0.3) is 0 Å². The highest BCUT2D eigenvalue weighted by atomic mass is 15.1. The average Bonchev–Trinajstić information content (AvgIpc) is 2.37. The molecule has 18 heavy (non-hydrogen) atoms. The van der Waals surface area contributed by atoms with Crippen LogP contribution in [0, 0.1) is 5.92 Å². The molecule has 0 aliphatic carbocycles. The molecule has 100 valence electrons. The van der Waals surface area contributed by atoms with Gasteiger partial charge in [0.15, 0.2) is 0 Å². The molecular formula is C16H26N2. The fourth-order valence-electron chi connectivity index (χ4n) is 2.57. The van der Waals surface area contributed by atoms with E-state index >= 15 is 0 Å². The summed E-state index contributed by atoms with van der Waals surface area (Å²) in [6, 6.07) is 7.62. The van der Waals surface area contributed by atoms with Gasteiger partial charge in [0.2, 0.25) is 0 Å². The number of hydrogen-bond donors (Lipinski definition) is 1. The van der Waals surface area contributed by atoms with E-state index in [0.717, 1.165) is 19.6 Å². The Labute approximate surface area is 111 Å². The third-order valence-electron chi connectivity index (χ3n) is 4.25. The Balaban J connectivity index is 2.05. The van der Waals surface area contributed by atoms with Gasteiger partial charge in [-0.25, -0.2) is 0 Å². The lowest BCUT2D eigenvalue weighted by molar-refractivity contribution is 0.200. The van der Waals surface area contributed by atoms with Crippen LogP contribution in [0.4, 0.5) is 0 Å². The first kappa shape index (κ1) is 13.6. The van der Waals surface area contributed by atoms with Gasteiger partial charge in [-0.3, -0.25) is 4.90 Å². The molecular weight excluding hydrogens is 220 g/mol. The van der Waals surface area contributed by atoms with Crippen LogP contribution < -0.4 is 5.32 Å². The van der Waals surface area contributed by atoms with E-state index < -0.39 is 0 Å². The molecule has 0 saturated carbocycles. The maximum atomic E-state index is 3.45. The Morgan fingerprint density at radius 2 is 2.00 bits per heavy atom. The number of nitrogens with one attached hydrogen (secondary N) is 1. The quantitative estimate of drug-likeness (QED) is 0.879. The van der Waals surface area contributed by atoms with Crippen LogP contribution in [0.1, 0.15) is 37.5 Å². The first-order chi connectivity index (χ1) is 8.58. The van der Waals surface area contributed by atoms with Gasteiger partial charge in [-0.15, -0.1) is 0 Å². The van der Waals surface area contributed by atoms with Crippen molar-refractivity contribution in [1.82, 2.24) is 10.2 Å². The Bertz CT molecular complexity index is 398. The fourth-order valence-corrected chi connectivity index (χ4v) is 2.57. The Kier molecular flexibility index (Phi) is 4.41. The second kappa shape index (κ2) is 5.85. The van der Waals surface area contributed by atoms with E-state index in [2.05, 4.69) is 56.2 Å². The molecule has 2 heteroatoms. The normalized spacial score (nSPS) is 17.0. The van der Waals surface area contributed by atoms with Crippen molar-refractivity contribution in [3.05, 3.63) is 34.9 Å². The maximum Gasteiger partial charge on any atom is 0.0233 e. The van der Waals surface area contributed by atoms with E-state index in [1.54, 1.807) is 0 Å². The highest BCUT2D eigenvalue weighted by Gasteiger charge is 2.14. The molecule has 1 aromatic carbocycles.